The molecule has 0 saturated carbocycles. The van der Waals surface area contributed by atoms with Crippen LogP contribution in [0.4, 0.5) is 64.1 Å². The Bertz CT molecular complexity index is 4680. The number of anilines is 2. The van der Waals surface area contributed by atoms with Crippen LogP contribution in [0.1, 0.15) is 95.1 Å². The molecule has 0 heterocycles. The zero-order valence-electron chi connectivity index (χ0n) is 53.6. The fourth-order valence-electron chi connectivity index (χ4n) is 12.4. The number of hydrogen-bond donors (Lipinski definition) is 6. The first kappa shape index (κ1) is 76.3. The van der Waals surface area contributed by atoms with Gasteiger partial charge in [-0.2, -0.15) is 52.7 Å². The van der Waals surface area contributed by atoms with Crippen molar-refractivity contribution in [3.63, 3.8) is 0 Å². The molecule has 4 amide bonds. The van der Waals surface area contributed by atoms with Gasteiger partial charge in [-0.05, 0) is 158 Å². The molecule has 104 heavy (non-hydrogen) atoms. The number of carbonyl (C=O) groups excluding carboxylic acids is 5. The topological polar surface area (TPSA) is 200 Å². The van der Waals surface area contributed by atoms with E-state index in [1.807, 2.05) is 34.9 Å². The number of fused-ring (bicyclic) bond motifs is 6. The molecule has 0 spiro atoms. The Labute approximate surface area is 587 Å². The zero-order valence-corrected chi connectivity index (χ0v) is 53.6. The number of amides is 4. The number of nitrogens with one attached hydrogen (secondary N) is 4. The van der Waals surface area contributed by atoms with Crippen molar-refractivity contribution in [2.24, 2.45) is 0 Å². The van der Waals surface area contributed by atoms with E-state index < -0.39 is 95.3 Å². The van der Waals surface area contributed by atoms with E-state index in [9.17, 15) is 86.6 Å². The maximum Gasteiger partial charge on any atom is 0.416 e. The van der Waals surface area contributed by atoms with Crippen LogP contribution in [0.2, 0.25) is 0 Å². The minimum Gasteiger partial charge on any atom is -0.478 e. The van der Waals surface area contributed by atoms with Gasteiger partial charge in [-0.25, -0.2) is 9.59 Å². The van der Waals surface area contributed by atoms with Crippen LogP contribution in [0.25, 0.3) is 44.5 Å². The van der Waals surface area contributed by atoms with Gasteiger partial charge in [-0.3, -0.25) is 19.2 Å². The van der Waals surface area contributed by atoms with E-state index in [0.29, 0.717) is 67.0 Å². The molecule has 10 aromatic rings. The molecule has 0 unspecified atom stereocenters. The highest BCUT2D eigenvalue weighted by molar-refractivity contribution is 6.10. The summed E-state index contributed by atoms with van der Waals surface area (Å²) in [7, 11) is 0. The van der Waals surface area contributed by atoms with Crippen LogP contribution in [-0.2, 0) is 37.5 Å². The number of halogens is 12. The van der Waals surface area contributed by atoms with Gasteiger partial charge in [0.1, 0.15) is 23.9 Å². The van der Waals surface area contributed by atoms with E-state index in [4.69, 9.17) is 9.84 Å². The number of esters is 1. The number of benzene rings is 10. The van der Waals surface area contributed by atoms with Gasteiger partial charge >= 0.3 is 36.6 Å². The Hall–Kier alpha value is -11.9. The van der Waals surface area contributed by atoms with Crippen LogP contribution in [0.5, 0.6) is 0 Å². The summed E-state index contributed by atoms with van der Waals surface area (Å²) in [5, 5.41) is 27.8. The summed E-state index contributed by atoms with van der Waals surface area (Å²) >= 11 is 0. The molecule has 2 aliphatic carbocycles. The number of ether oxygens (including phenoxy) is 1. The molecule has 536 valence electrons. The molecule has 0 saturated heterocycles. The van der Waals surface area contributed by atoms with E-state index in [1.165, 1.54) is 78.9 Å². The second-order valence-corrected chi connectivity index (χ2v) is 23.6. The summed E-state index contributed by atoms with van der Waals surface area (Å²) in [5.74, 6) is -4.44. The Kier molecular flexibility index (Phi) is 23.2. The van der Waals surface area contributed by atoms with E-state index in [-0.39, 0.29) is 55.7 Å². The lowest BCUT2D eigenvalue weighted by atomic mass is 9.74. The van der Waals surface area contributed by atoms with Crippen molar-refractivity contribution in [1.29, 1.82) is 0 Å². The highest BCUT2D eigenvalue weighted by Gasteiger charge is 2.51. The zero-order chi connectivity index (χ0) is 74.1. The van der Waals surface area contributed by atoms with Crippen LogP contribution in [0.15, 0.2) is 243 Å². The van der Waals surface area contributed by atoms with Gasteiger partial charge in [0.15, 0.2) is 0 Å². The quantitative estimate of drug-likeness (QED) is 0.0379. The fourth-order valence-corrected chi connectivity index (χ4v) is 12.4. The van der Waals surface area contributed by atoms with Gasteiger partial charge in [-0.1, -0.05) is 165 Å². The third-order valence-electron chi connectivity index (χ3n) is 17.2. The monoisotopic (exact) mass is 1440 g/mol. The Morgan fingerprint density at radius 1 is 0.375 bits per heavy atom. The molecule has 10 aromatic carbocycles. The predicted molar refractivity (Wildman–Crippen MR) is 366 cm³/mol. The highest BCUT2D eigenvalue weighted by Crippen LogP contribution is 2.53. The number of carboxylic acid groups (broad SMARTS) is 1. The number of aromatic carboxylic acids is 1. The number of carbonyl (C=O) groups is 6. The van der Waals surface area contributed by atoms with E-state index in [2.05, 4.69) is 10.6 Å². The molecule has 6 N–H and O–H groups in total. The molecule has 0 aromatic heterocycles. The van der Waals surface area contributed by atoms with Crippen molar-refractivity contribution < 1.29 is 96.4 Å². The van der Waals surface area contributed by atoms with Crippen molar-refractivity contribution in [2.75, 3.05) is 36.9 Å². The predicted octanol–water partition coefficient (Wildman–Crippen LogP) is 17.8. The maximum absolute atomic E-state index is 13.6. The Balaban J connectivity index is 0.000000199. The SMILES string of the molecule is C.O=C(NCC(F)(F)F)C1(CCO)c2ccccc2-c2ccccc21.O=C(O)c1ccc(NC(=O)c2ccccc2-c2ccc(C(F)(F)F)cc2)cc1.O=C(OCCC1(C(=O)NCC(F)(F)F)c2ccccc2-c2ccccc21)c1ccc(NC(=O)c2ccccc2-c2ccc(C(F)(F)F)cc2)cc1. The molecule has 0 fully saturated rings. The summed E-state index contributed by atoms with van der Waals surface area (Å²) in [6.07, 6.45) is -18.2. The van der Waals surface area contributed by atoms with E-state index >= 15 is 0 Å². The minimum absolute atomic E-state index is 0. The first-order valence-corrected chi connectivity index (χ1v) is 31.4. The van der Waals surface area contributed by atoms with Crippen LogP contribution in [-0.4, -0.2) is 84.4 Å². The van der Waals surface area contributed by atoms with Crippen molar-refractivity contribution in [2.45, 2.75) is 55.8 Å². The number of hydrogen-bond acceptors (Lipinski definition) is 8. The molecule has 0 radical (unpaired) electrons. The van der Waals surface area contributed by atoms with E-state index in [1.54, 1.807) is 115 Å². The Morgan fingerprint density at radius 2 is 0.683 bits per heavy atom. The van der Waals surface area contributed by atoms with Crippen LogP contribution >= 0.6 is 0 Å². The summed E-state index contributed by atoms with van der Waals surface area (Å²) in [4.78, 5) is 76.2. The van der Waals surface area contributed by atoms with Gasteiger partial charge in [0.2, 0.25) is 11.8 Å². The standard InChI is InChI=1S/C39H28F6N2O4.C21H14F3NO3.C18H16F3NO2.CH4/c40-38(41,42)23-46-36(50)37(32-11-5-3-8-29(32)30-9-4-6-12-33(30)37)21-22-51-35(49)25-15-19-27(20-16-25)47-34(48)31-10-2-1-7-28(31)24-13-17-26(18-14-24)39(43,44)45;22-21(23,24)15-9-5-13(6-10-15)17-3-1-2-4-18(17)19(26)25-16-11-7-14(8-12-16)20(27)28;19-18(20,21)11-22-16(24)17(9-10-23)14-7-3-1-5-12(14)13-6-2-4-8-15(13)17;/h1-20H,21-23H2,(H,46,50)(H,47,48);1-12H,(H,25,26)(H,27,28);1-8,23H,9-11H2,(H,22,24);1H4. The fraction of sp³-hybridized carbons (Fsp3) is 0.165. The van der Waals surface area contributed by atoms with Crippen molar-refractivity contribution >= 4 is 46.9 Å². The number of rotatable bonds is 17. The molecule has 12 rings (SSSR count). The summed E-state index contributed by atoms with van der Waals surface area (Å²) in [6, 6.07) is 61.5. The Morgan fingerprint density at radius 3 is 1.00 bits per heavy atom. The summed E-state index contributed by atoms with van der Waals surface area (Å²) in [5.41, 5.74) is 4.01. The largest absolute Gasteiger partial charge is 0.478 e. The average molecular weight is 1440 g/mol. The van der Waals surface area contributed by atoms with Gasteiger partial charge in [0.05, 0.1) is 28.9 Å². The third-order valence-corrected chi connectivity index (χ3v) is 17.2. The molecule has 13 nitrogen and oxygen atoms in total. The lowest BCUT2D eigenvalue weighted by Crippen LogP contribution is -2.47. The van der Waals surface area contributed by atoms with Crippen LogP contribution < -0.4 is 21.3 Å². The van der Waals surface area contributed by atoms with Gasteiger partial charge in [0.25, 0.3) is 11.8 Å². The molecular formula is C79H62F12N4O9. The molecule has 0 aliphatic heterocycles. The van der Waals surface area contributed by atoms with Crippen LogP contribution in [0.3, 0.4) is 0 Å². The van der Waals surface area contributed by atoms with Crippen LogP contribution in [0, 0.1) is 0 Å². The molecule has 0 atom stereocenters. The lowest BCUT2D eigenvalue weighted by molar-refractivity contribution is -0.141. The highest BCUT2D eigenvalue weighted by atomic mass is 19.4. The molecule has 25 heteroatoms. The number of carboxylic acids is 1. The number of alkyl halides is 12. The summed E-state index contributed by atoms with van der Waals surface area (Å²) < 4.78 is 160. The number of aliphatic hydroxyl groups is 1. The average Bonchev–Trinajstić information content (AvgIpc) is 1.57. The second-order valence-electron chi connectivity index (χ2n) is 23.6. The van der Waals surface area contributed by atoms with Crippen molar-refractivity contribution in [3.05, 3.63) is 298 Å². The van der Waals surface area contributed by atoms with Crippen molar-refractivity contribution in [3.8, 4) is 44.5 Å². The van der Waals surface area contributed by atoms with Crippen molar-refractivity contribution in [1.82, 2.24) is 10.6 Å². The molecule has 2 aliphatic rings. The minimum atomic E-state index is -4.64. The first-order chi connectivity index (χ1) is 48.9. The van der Waals surface area contributed by atoms with Gasteiger partial charge in [0, 0.05) is 35.5 Å². The lowest BCUT2D eigenvalue weighted by Gasteiger charge is -2.31. The molecular weight excluding hydrogens is 1380 g/mol. The van der Waals surface area contributed by atoms with Gasteiger partial charge < -0.3 is 36.2 Å². The first-order valence-electron chi connectivity index (χ1n) is 31.4. The molecule has 0 bridgehead atoms. The van der Waals surface area contributed by atoms with Gasteiger partial charge in [-0.15, -0.1) is 0 Å². The third kappa shape index (κ3) is 17.0. The summed E-state index contributed by atoms with van der Waals surface area (Å²) in [6.45, 7) is -3.55. The number of aliphatic hydroxyl groups excluding tert-OH is 1. The normalized spacial score (nSPS) is 12.9. The second kappa shape index (κ2) is 31.6. The van der Waals surface area contributed by atoms with E-state index in [0.717, 1.165) is 35.4 Å². The smallest absolute Gasteiger partial charge is 0.416 e. The maximum atomic E-state index is 13.6.